The van der Waals surface area contributed by atoms with Gasteiger partial charge in [-0.15, -0.1) is 11.3 Å². The molecule has 1 amide bonds. The number of rotatable bonds is 5. The molecule has 0 atom stereocenters. The monoisotopic (exact) mass is 403 g/mol. The van der Waals surface area contributed by atoms with Crippen molar-refractivity contribution >= 4 is 28.1 Å². The Morgan fingerprint density at radius 1 is 1.36 bits per heavy atom. The highest BCUT2D eigenvalue weighted by atomic mass is 32.1. The first-order valence-electron chi connectivity index (χ1n) is 9.36. The Labute approximate surface area is 167 Å². The standard InChI is InChI=1S/C16H17N5OS.C3H8O2/c22-16(19-11-4-2-1-3-5-11)15-14-10(7-18-21-14)6-12(20-15)13-8-17-9-23-13;1-5-3-2-4/h6-9,11H,1-5H2,(H,18,21)(H,19,22);4H,2-3H2,1H3. The molecule has 0 aromatic carbocycles. The number of methoxy groups -OCH3 is 1. The van der Waals surface area contributed by atoms with Crippen LogP contribution >= 0.6 is 11.3 Å². The number of aliphatic hydroxyl groups excluding tert-OH is 1. The summed E-state index contributed by atoms with van der Waals surface area (Å²) in [4.78, 5) is 22.3. The van der Waals surface area contributed by atoms with E-state index in [2.05, 4.69) is 30.2 Å². The van der Waals surface area contributed by atoms with Crippen molar-refractivity contribution in [3.8, 4) is 10.6 Å². The van der Waals surface area contributed by atoms with Gasteiger partial charge in [0.05, 0.1) is 41.0 Å². The zero-order chi connectivity index (χ0) is 19.8. The summed E-state index contributed by atoms with van der Waals surface area (Å²) in [5.74, 6) is -0.127. The third kappa shape index (κ3) is 5.12. The molecule has 3 N–H and O–H groups in total. The zero-order valence-corrected chi connectivity index (χ0v) is 16.7. The highest BCUT2D eigenvalue weighted by Crippen LogP contribution is 2.26. The molecule has 0 spiro atoms. The summed E-state index contributed by atoms with van der Waals surface area (Å²) in [6.07, 6.45) is 9.20. The van der Waals surface area contributed by atoms with Crippen molar-refractivity contribution in [1.82, 2.24) is 25.5 Å². The minimum atomic E-state index is -0.127. The van der Waals surface area contributed by atoms with Crippen LogP contribution in [0.3, 0.4) is 0 Å². The lowest BCUT2D eigenvalue weighted by molar-refractivity contribution is 0.0924. The fourth-order valence-electron chi connectivity index (χ4n) is 3.18. The maximum atomic E-state index is 12.7. The van der Waals surface area contributed by atoms with E-state index in [-0.39, 0.29) is 18.6 Å². The molecule has 1 fully saturated rings. The van der Waals surface area contributed by atoms with E-state index in [4.69, 9.17) is 5.11 Å². The van der Waals surface area contributed by atoms with Crippen molar-refractivity contribution in [2.24, 2.45) is 0 Å². The number of carbonyl (C=O) groups is 1. The van der Waals surface area contributed by atoms with Gasteiger partial charge in [0, 0.05) is 24.7 Å². The summed E-state index contributed by atoms with van der Waals surface area (Å²) in [5, 5.41) is 18.9. The van der Waals surface area contributed by atoms with Crippen LogP contribution in [0.1, 0.15) is 42.6 Å². The van der Waals surface area contributed by atoms with E-state index in [9.17, 15) is 4.79 Å². The topological polar surface area (TPSA) is 113 Å². The maximum Gasteiger partial charge on any atom is 0.272 e. The lowest BCUT2D eigenvalue weighted by Gasteiger charge is -2.22. The molecule has 0 bridgehead atoms. The van der Waals surface area contributed by atoms with Crippen LogP contribution in [-0.2, 0) is 4.74 Å². The fourth-order valence-corrected chi connectivity index (χ4v) is 3.76. The first-order valence-corrected chi connectivity index (χ1v) is 10.2. The largest absolute Gasteiger partial charge is 0.394 e. The van der Waals surface area contributed by atoms with Crippen LogP contribution in [0, 0.1) is 0 Å². The highest BCUT2D eigenvalue weighted by molar-refractivity contribution is 7.13. The summed E-state index contributed by atoms with van der Waals surface area (Å²) in [5.41, 5.74) is 3.62. The smallest absolute Gasteiger partial charge is 0.272 e. The van der Waals surface area contributed by atoms with E-state index < -0.39 is 0 Å². The van der Waals surface area contributed by atoms with E-state index in [1.807, 2.05) is 6.07 Å². The number of thiazole rings is 1. The number of amides is 1. The number of H-pyrrole nitrogens is 1. The summed E-state index contributed by atoms with van der Waals surface area (Å²) in [7, 11) is 1.55. The number of hydrogen-bond donors (Lipinski definition) is 3. The number of ether oxygens (including phenoxy) is 1. The predicted molar refractivity (Wildman–Crippen MR) is 108 cm³/mol. The number of hydrogen-bond acceptors (Lipinski definition) is 7. The van der Waals surface area contributed by atoms with Gasteiger partial charge in [-0.1, -0.05) is 19.3 Å². The summed E-state index contributed by atoms with van der Waals surface area (Å²) in [6.45, 7) is 0.566. The number of fused-ring (bicyclic) bond motifs is 1. The lowest BCUT2D eigenvalue weighted by Crippen LogP contribution is -2.36. The molecule has 4 rings (SSSR count). The number of pyridine rings is 1. The quantitative estimate of drug-likeness (QED) is 0.604. The molecule has 8 nitrogen and oxygen atoms in total. The van der Waals surface area contributed by atoms with Gasteiger partial charge in [0.15, 0.2) is 5.69 Å². The van der Waals surface area contributed by atoms with E-state index in [0.29, 0.717) is 17.8 Å². The van der Waals surface area contributed by atoms with Crippen LogP contribution < -0.4 is 5.32 Å². The SMILES string of the molecule is COCCO.O=C(NC1CCCCC1)c1nc(-c2cncs2)cc2cn[nH]c12. The second-order valence-corrected chi connectivity index (χ2v) is 7.47. The number of nitrogens with one attached hydrogen (secondary N) is 2. The van der Waals surface area contributed by atoms with Crippen molar-refractivity contribution in [1.29, 1.82) is 0 Å². The van der Waals surface area contributed by atoms with Gasteiger partial charge in [0.2, 0.25) is 0 Å². The molecule has 3 aromatic rings. The Kier molecular flexibility index (Phi) is 7.46. The number of nitrogens with zero attached hydrogens (tertiary/aromatic N) is 3. The van der Waals surface area contributed by atoms with Gasteiger partial charge in [0.1, 0.15) is 0 Å². The van der Waals surface area contributed by atoms with E-state index >= 15 is 0 Å². The molecular weight excluding hydrogens is 378 g/mol. The van der Waals surface area contributed by atoms with Crippen LogP contribution in [0.2, 0.25) is 0 Å². The van der Waals surface area contributed by atoms with Crippen molar-refractivity contribution in [3.63, 3.8) is 0 Å². The molecule has 0 saturated heterocycles. The Morgan fingerprint density at radius 3 is 2.82 bits per heavy atom. The number of aromatic amines is 1. The molecule has 150 valence electrons. The van der Waals surface area contributed by atoms with Gasteiger partial charge >= 0.3 is 0 Å². The van der Waals surface area contributed by atoms with Crippen molar-refractivity contribution in [2.45, 2.75) is 38.1 Å². The summed E-state index contributed by atoms with van der Waals surface area (Å²) in [6, 6.07) is 2.19. The number of carbonyl (C=O) groups excluding carboxylic acids is 1. The van der Waals surface area contributed by atoms with Gasteiger partial charge < -0.3 is 15.2 Å². The molecule has 1 saturated carbocycles. The normalized spacial score (nSPS) is 14.5. The van der Waals surface area contributed by atoms with E-state index in [0.717, 1.165) is 28.8 Å². The predicted octanol–water partition coefficient (Wildman–Crippen LogP) is 2.77. The summed E-state index contributed by atoms with van der Waals surface area (Å²) < 4.78 is 4.44. The minimum Gasteiger partial charge on any atom is -0.394 e. The Morgan fingerprint density at radius 2 is 2.18 bits per heavy atom. The first kappa shape index (κ1) is 20.4. The maximum absolute atomic E-state index is 12.7. The molecule has 3 heterocycles. The van der Waals surface area contributed by atoms with Gasteiger partial charge in [0.25, 0.3) is 5.91 Å². The van der Waals surface area contributed by atoms with Crippen molar-refractivity contribution in [2.75, 3.05) is 20.3 Å². The Bertz CT molecular complexity index is 873. The van der Waals surface area contributed by atoms with Gasteiger partial charge in [-0.2, -0.15) is 5.10 Å². The first-order chi connectivity index (χ1) is 13.7. The molecule has 1 aliphatic rings. The van der Waals surface area contributed by atoms with Crippen LogP contribution in [0.5, 0.6) is 0 Å². The van der Waals surface area contributed by atoms with Gasteiger partial charge in [-0.25, -0.2) is 4.98 Å². The second-order valence-electron chi connectivity index (χ2n) is 6.58. The van der Waals surface area contributed by atoms with Crippen LogP contribution in [0.4, 0.5) is 0 Å². The minimum absolute atomic E-state index is 0.122. The molecule has 3 aromatic heterocycles. The second kappa shape index (κ2) is 10.3. The molecule has 0 aliphatic heterocycles. The Hall–Kier alpha value is -2.36. The van der Waals surface area contributed by atoms with E-state index in [1.165, 1.54) is 30.6 Å². The molecule has 1 aliphatic carbocycles. The van der Waals surface area contributed by atoms with Crippen LogP contribution in [0.15, 0.2) is 24.0 Å². The molecule has 28 heavy (non-hydrogen) atoms. The van der Waals surface area contributed by atoms with Gasteiger partial charge in [-0.05, 0) is 18.9 Å². The van der Waals surface area contributed by atoms with Crippen LogP contribution in [0.25, 0.3) is 21.5 Å². The zero-order valence-electron chi connectivity index (χ0n) is 15.9. The lowest BCUT2D eigenvalue weighted by atomic mass is 9.95. The molecule has 9 heteroatoms. The van der Waals surface area contributed by atoms with Gasteiger partial charge in [-0.3, -0.25) is 14.9 Å². The van der Waals surface area contributed by atoms with Crippen molar-refractivity contribution in [3.05, 3.63) is 29.7 Å². The van der Waals surface area contributed by atoms with Crippen molar-refractivity contribution < 1.29 is 14.6 Å². The molecule has 0 unspecified atom stereocenters. The summed E-state index contributed by atoms with van der Waals surface area (Å²) >= 11 is 1.51. The molecule has 0 radical (unpaired) electrons. The number of aromatic nitrogens is 4. The molecular formula is C19H25N5O3S. The van der Waals surface area contributed by atoms with Crippen LogP contribution in [-0.4, -0.2) is 57.5 Å². The Balaban J connectivity index is 0.000000403. The average molecular weight is 404 g/mol. The third-order valence-electron chi connectivity index (χ3n) is 4.57. The average Bonchev–Trinajstić information content (AvgIpc) is 3.41. The van der Waals surface area contributed by atoms with E-state index in [1.54, 1.807) is 25.0 Å². The highest BCUT2D eigenvalue weighted by Gasteiger charge is 2.21. The number of aliphatic hydroxyl groups is 1. The third-order valence-corrected chi connectivity index (χ3v) is 5.36. The fraction of sp³-hybridized carbons (Fsp3) is 0.474.